The predicted molar refractivity (Wildman–Crippen MR) is 66.6 cm³/mol. The van der Waals surface area contributed by atoms with Crippen LogP contribution in [0, 0.1) is 5.92 Å². The number of rotatable bonds is 7. The predicted octanol–water partition coefficient (Wildman–Crippen LogP) is 4.38. The van der Waals surface area contributed by atoms with Gasteiger partial charge in [-0.2, -0.15) is 0 Å². The van der Waals surface area contributed by atoms with E-state index in [0.717, 1.165) is 24.8 Å². The van der Waals surface area contributed by atoms with E-state index in [4.69, 9.17) is 16.3 Å². The zero-order valence-corrected chi connectivity index (χ0v) is 10.8. The molecular formula is C13H25ClO. The minimum atomic E-state index is 0.555. The van der Waals surface area contributed by atoms with Crippen molar-refractivity contribution in [3.05, 3.63) is 0 Å². The first-order valence-electron chi connectivity index (χ1n) is 6.56. The van der Waals surface area contributed by atoms with Gasteiger partial charge >= 0.3 is 0 Å². The topological polar surface area (TPSA) is 9.23 Å². The van der Waals surface area contributed by atoms with Crippen LogP contribution in [0.1, 0.15) is 58.3 Å². The number of hydrogen-bond donors (Lipinski definition) is 0. The minimum Gasteiger partial charge on any atom is -0.378 e. The Bertz CT molecular complexity index is 149. The molecule has 2 unspecified atom stereocenters. The Labute approximate surface area is 99.5 Å². The summed E-state index contributed by atoms with van der Waals surface area (Å²) in [5.74, 6) is 1.62. The standard InChI is InChI=1S/C13H25ClO/c1-2-12-8-4-5-9-13(12)15-11-7-3-6-10-14/h12-13H,2-11H2,1H3. The molecule has 1 rings (SSSR count). The molecule has 15 heavy (non-hydrogen) atoms. The normalized spacial score (nSPS) is 26.8. The number of ether oxygens (including phenoxy) is 1. The van der Waals surface area contributed by atoms with Crippen molar-refractivity contribution >= 4 is 11.6 Å². The molecule has 2 atom stereocenters. The lowest BCUT2D eigenvalue weighted by atomic mass is 9.85. The summed E-state index contributed by atoms with van der Waals surface area (Å²) in [6.07, 6.45) is 10.8. The Hall–Kier alpha value is 0.250. The van der Waals surface area contributed by atoms with Crippen LogP contribution in [0.25, 0.3) is 0 Å². The lowest BCUT2D eigenvalue weighted by Crippen LogP contribution is -2.27. The summed E-state index contributed by atoms with van der Waals surface area (Å²) in [4.78, 5) is 0. The van der Waals surface area contributed by atoms with E-state index in [1.807, 2.05) is 0 Å². The fourth-order valence-corrected chi connectivity index (χ4v) is 2.66. The SMILES string of the molecule is CCC1CCCCC1OCCCCCCl. The van der Waals surface area contributed by atoms with Crippen LogP contribution >= 0.6 is 11.6 Å². The first-order valence-corrected chi connectivity index (χ1v) is 7.09. The molecule has 0 aromatic heterocycles. The van der Waals surface area contributed by atoms with Crippen LogP contribution in [-0.2, 0) is 4.74 Å². The number of alkyl halides is 1. The zero-order chi connectivity index (χ0) is 10.9. The van der Waals surface area contributed by atoms with Crippen LogP contribution < -0.4 is 0 Å². The van der Waals surface area contributed by atoms with Gasteiger partial charge in [0.1, 0.15) is 0 Å². The summed E-state index contributed by atoms with van der Waals surface area (Å²) >= 11 is 5.63. The molecule has 0 aromatic carbocycles. The highest BCUT2D eigenvalue weighted by atomic mass is 35.5. The highest BCUT2D eigenvalue weighted by molar-refractivity contribution is 6.17. The second kappa shape index (κ2) is 8.41. The maximum absolute atomic E-state index is 5.99. The van der Waals surface area contributed by atoms with Gasteiger partial charge < -0.3 is 4.74 Å². The van der Waals surface area contributed by atoms with Gasteiger partial charge in [0.2, 0.25) is 0 Å². The molecule has 0 heterocycles. The third-order valence-electron chi connectivity index (χ3n) is 3.47. The van der Waals surface area contributed by atoms with Crippen LogP contribution in [0.2, 0.25) is 0 Å². The van der Waals surface area contributed by atoms with Crippen molar-refractivity contribution in [2.75, 3.05) is 12.5 Å². The summed E-state index contributed by atoms with van der Waals surface area (Å²) in [7, 11) is 0. The van der Waals surface area contributed by atoms with Gasteiger partial charge in [0.15, 0.2) is 0 Å². The second-order valence-corrected chi connectivity index (χ2v) is 4.99. The molecule has 1 aliphatic carbocycles. The van der Waals surface area contributed by atoms with Gasteiger partial charge in [0.05, 0.1) is 6.10 Å². The maximum Gasteiger partial charge on any atom is 0.0603 e. The van der Waals surface area contributed by atoms with E-state index in [-0.39, 0.29) is 0 Å². The van der Waals surface area contributed by atoms with Crippen LogP contribution in [-0.4, -0.2) is 18.6 Å². The third-order valence-corrected chi connectivity index (χ3v) is 3.74. The molecule has 90 valence electrons. The molecule has 2 heteroatoms. The van der Waals surface area contributed by atoms with Gasteiger partial charge in [0.25, 0.3) is 0 Å². The molecule has 0 saturated heterocycles. The van der Waals surface area contributed by atoms with Crippen LogP contribution in [0.4, 0.5) is 0 Å². The third kappa shape index (κ3) is 5.21. The Morgan fingerprint density at radius 1 is 1.13 bits per heavy atom. The smallest absolute Gasteiger partial charge is 0.0603 e. The van der Waals surface area contributed by atoms with Crippen molar-refractivity contribution in [1.29, 1.82) is 0 Å². The maximum atomic E-state index is 5.99. The van der Waals surface area contributed by atoms with E-state index in [2.05, 4.69) is 6.92 Å². The minimum absolute atomic E-state index is 0.555. The van der Waals surface area contributed by atoms with Crippen molar-refractivity contribution in [2.24, 2.45) is 5.92 Å². The molecular weight excluding hydrogens is 208 g/mol. The molecule has 0 amide bonds. The molecule has 0 radical (unpaired) electrons. The molecule has 1 saturated carbocycles. The molecule has 1 fully saturated rings. The molecule has 1 nitrogen and oxygen atoms in total. The average Bonchev–Trinajstić information content (AvgIpc) is 2.29. The summed E-state index contributed by atoms with van der Waals surface area (Å²) in [5, 5.41) is 0. The summed E-state index contributed by atoms with van der Waals surface area (Å²) in [6, 6.07) is 0. The summed E-state index contributed by atoms with van der Waals surface area (Å²) in [5.41, 5.74) is 0. The average molecular weight is 233 g/mol. The summed E-state index contributed by atoms with van der Waals surface area (Å²) < 4.78 is 5.99. The van der Waals surface area contributed by atoms with E-state index < -0.39 is 0 Å². The lowest BCUT2D eigenvalue weighted by molar-refractivity contribution is -0.0134. The van der Waals surface area contributed by atoms with Gasteiger partial charge in [-0.25, -0.2) is 0 Å². The summed E-state index contributed by atoms with van der Waals surface area (Å²) in [6.45, 7) is 3.23. The highest BCUT2D eigenvalue weighted by Crippen LogP contribution is 2.29. The quantitative estimate of drug-likeness (QED) is 0.468. The second-order valence-electron chi connectivity index (χ2n) is 4.61. The highest BCUT2D eigenvalue weighted by Gasteiger charge is 2.23. The first kappa shape index (κ1) is 13.3. The fraction of sp³-hybridized carbons (Fsp3) is 1.00. The molecule has 1 aliphatic rings. The first-order chi connectivity index (χ1) is 7.38. The van der Waals surface area contributed by atoms with Crippen LogP contribution in [0.3, 0.4) is 0 Å². The van der Waals surface area contributed by atoms with Crippen molar-refractivity contribution < 1.29 is 4.74 Å². The zero-order valence-electron chi connectivity index (χ0n) is 10.0. The number of unbranched alkanes of at least 4 members (excludes halogenated alkanes) is 2. The van der Waals surface area contributed by atoms with Crippen molar-refractivity contribution in [3.63, 3.8) is 0 Å². The monoisotopic (exact) mass is 232 g/mol. The molecule has 0 spiro atoms. The van der Waals surface area contributed by atoms with Gasteiger partial charge in [0, 0.05) is 12.5 Å². The van der Waals surface area contributed by atoms with Gasteiger partial charge in [-0.1, -0.05) is 26.2 Å². The molecule has 0 aromatic rings. The van der Waals surface area contributed by atoms with E-state index >= 15 is 0 Å². The number of hydrogen-bond acceptors (Lipinski definition) is 1. The van der Waals surface area contributed by atoms with Crippen LogP contribution in [0.5, 0.6) is 0 Å². The number of halogens is 1. The molecule has 0 N–H and O–H groups in total. The van der Waals surface area contributed by atoms with Gasteiger partial charge in [-0.3, -0.25) is 0 Å². The largest absolute Gasteiger partial charge is 0.378 e. The Balaban J connectivity index is 2.07. The van der Waals surface area contributed by atoms with E-state index in [9.17, 15) is 0 Å². The van der Waals surface area contributed by atoms with Crippen molar-refractivity contribution in [3.8, 4) is 0 Å². The van der Waals surface area contributed by atoms with Gasteiger partial charge in [-0.05, 0) is 38.0 Å². The lowest BCUT2D eigenvalue weighted by Gasteiger charge is -2.30. The van der Waals surface area contributed by atoms with Crippen molar-refractivity contribution in [1.82, 2.24) is 0 Å². The molecule has 0 aliphatic heterocycles. The Morgan fingerprint density at radius 2 is 1.93 bits per heavy atom. The Kier molecular flexibility index (Phi) is 7.46. The van der Waals surface area contributed by atoms with E-state index in [1.165, 1.54) is 44.9 Å². The van der Waals surface area contributed by atoms with Crippen LogP contribution in [0.15, 0.2) is 0 Å². The fourth-order valence-electron chi connectivity index (χ4n) is 2.47. The Morgan fingerprint density at radius 3 is 2.67 bits per heavy atom. The van der Waals surface area contributed by atoms with E-state index in [1.54, 1.807) is 0 Å². The van der Waals surface area contributed by atoms with Crippen molar-refractivity contribution in [2.45, 2.75) is 64.4 Å². The molecule has 0 bridgehead atoms. The van der Waals surface area contributed by atoms with E-state index in [0.29, 0.717) is 6.10 Å². The van der Waals surface area contributed by atoms with Gasteiger partial charge in [-0.15, -0.1) is 11.6 Å².